The van der Waals surface area contributed by atoms with E-state index in [1.54, 1.807) is 0 Å². The van der Waals surface area contributed by atoms with Gasteiger partial charge >= 0.3 is 5.09 Å². The quantitative estimate of drug-likeness (QED) is 0.192. The zero-order valence-corrected chi connectivity index (χ0v) is 2.12. The van der Waals surface area contributed by atoms with E-state index in [-0.39, 0.29) is 17.4 Å². The monoisotopic (exact) mass is 109 g/mol. The van der Waals surface area contributed by atoms with E-state index >= 15 is 0 Å². The zero-order valence-electron chi connectivity index (χ0n) is 2.12. The minimum absolute atomic E-state index is 0. The summed E-state index contributed by atoms with van der Waals surface area (Å²) in [5, 5.41) is 14.3. The van der Waals surface area contributed by atoms with Gasteiger partial charge in [-0.25, -0.2) is 5.26 Å². The van der Waals surface area contributed by atoms with Gasteiger partial charge in [-0.3, -0.25) is 0 Å². The van der Waals surface area contributed by atoms with Gasteiger partial charge in [-0.05, 0) is 0 Å². The molecule has 0 aromatic heterocycles. The molecular formula is H4AlNO4. The lowest BCUT2D eigenvalue weighted by atomic mass is 13.1. The first kappa shape index (κ1) is 9.19. The summed E-state index contributed by atoms with van der Waals surface area (Å²) in [6.45, 7) is 0. The van der Waals surface area contributed by atoms with Crippen LogP contribution in [0.1, 0.15) is 0 Å². The van der Waals surface area contributed by atoms with Crippen molar-refractivity contribution in [3.8, 4) is 0 Å². The predicted octanol–water partition coefficient (Wildman–Crippen LogP) is -1.52. The summed E-state index contributed by atoms with van der Waals surface area (Å²) < 4.78 is 0. The lowest BCUT2D eigenvalue weighted by Gasteiger charge is -1.72. The van der Waals surface area contributed by atoms with E-state index in [1.165, 1.54) is 0 Å². The van der Waals surface area contributed by atoms with Crippen LogP contribution in [0.5, 0.6) is 0 Å². The van der Waals surface area contributed by atoms with Crippen LogP contribution < -0.4 is 0 Å². The molecule has 0 atom stereocenters. The van der Waals surface area contributed by atoms with Gasteiger partial charge in [0.2, 0.25) is 0 Å². The van der Waals surface area contributed by atoms with Crippen LogP contribution in [0, 0.1) is 10.1 Å². The van der Waals surface area contributed by atoms with Gasteiger partial charge < -0.3 is 0 Å². The Morgan fingerprint density at radius 1 is 1.83 bits per heavy atom. The van der Waals surface area contributed by atoms with Crippen LogP contribution in [0.25, 0.3) is 0 Å². The summed E-state index contributed by atoms with van der Waals surface area (Å²) in [5.41, 5.74) is 0. The highest BCUT2D eigenvalue weighted by Gasteiger charge is 1.80. The van der Waals surface area contributed by atoms with E-state index in [0.29, 0.717) is 0 Å². The Hall–Kier alpha value is -0.308. The molecule has 0 aliphatic heterocycles. The van der Waals surface area contributed by atoms with Gasteiger partial charge in [0.15, 0.2) is 17.4 Å². The Balaban J connectivity index is 0. The fourth-order valence-corrected chi connectivity index (χ4v) is 0. The molecule has 0 saturated carbocycles. The van der Waals surface area contributed by atoms with Crippen LogP contribution in [0.15, 0.2) is 0 Å². The lowest BCUT2D eigenvalue weighted by Crippen LogP contribution is -1.92. The summed E-state index contributed by atoms with van der Waals surface area (Å²) in [7, 11) is 0. The second-order valence-corrected chi connectivity index (χ2v) is 0.305. The molecule has 0 bridgehead atoms. The molecule has 5 nitrogen and oxygen atoms in total. The summed E-state index contributed by atoms with van der Waals surface area (Å²) in [5.74, 6) is 0. The van der Waals surface area contributed by atoms with E-state index < -0.39 is 5.09 Å². The van der Waals surface area contributed by atoms with Crippen LogP contribution in [0.3, 0.4) is 0 Å². The number of hydrogen-bond donors (Lipinski definition) is 1. The first-order valence-electron chi connectivity index (χ1n) is 0.730. The fourth-order valence-electron chi connectivity index (χ4n) is 0. The third-order valence-corrected chi connectivity index (χ3v) is 0.0667. The summed E-state index contributed by atoms with van der Waals surface area (Å²) in [6.07, 6.45) is 0. The Morgan fingerprint density at radius 2 is 2.00 bits per heavy atom. The minimum atomic E-state index is -1.32. The maximum atomic E-state index is 8.70. The van der Waals surface area contributed by atoms with Crippen molar-refractivity contribution in [2.75, 3.05) is 0 Å². The van der Waals surface area contributed by atoms with Crippen LogP contribution in [0.2, 0.25) is 0 Å². The molecule has 36 valence electrons. The molecule has 0 saturated heterocycles. The number of nitrogens with zero attached hydrogens (tertiary/aromatic N) is 1. The summed E-state index contributed by atoms with van der Waals surface area (Å²) in [4.78, 5) is 11.2. The molecule has 0 radical (unpaired) electrons. The maximum Gasteiger partial charge on any atom is 0.322 e. The van der Waals surface area contributed by atoms with Gasteiger partial charge in [-0.15, -0.1) is 15.1 Å². The molecule has 0 aliphatic rings. The zero-order chi connectivity index (χ0) is 4.28. The second-order valence-electron chi connectivity index (χ2n) is 0.305. The van der Waals surface area contributed by atoms with E-state index in [2.05, 4.69) is 4.99 Å². The first-order chi connectivity index (χ1) is 2.27. The van der Waals surface area contributed by atoms with E-state index in [9.17, 15) is 0 Å². The van der Waals surface area contributed by atoms with Crippen molar-refractivity contribution < 1.29 is 15.3 Å². The van der Waals surface area contributed by atoms with Crippen LogP contribution in [-0.2, 0) is 4.99 Å². The smallest absolute Gasteiger partial charge is 0.214 e. The SMILES string of the molecule is O=[N+]([O-])OO.[AlH3]. The van der Waals surface area contributed by atoms with Crippen molar-refractivity contribution >= 4 is 17.4 Å². The largest absolute Gasteiger partial charge is 0.322 e. The average molecular weight is 109 g/mol. The number of rotatable bonds is 1. The molecule has 6 heavy (non-hydrogen) atoms. The lowest BCUT2D eigenvalue weighted by molar-refractivity contribution is -0.846. The molecule has 0 aliphatic carbocycles. The second kappa shape index (κ2) is 4.69. The molecule has 0 fully saturated rings. The Morgan fingerprint density at radius 3 is 2.00 bits per heavy atom. The first-order valence-corrected chi connectivity index (χ1v) is 0.730. The highest BCUT2D eigenvalue weighted by atomic mass is 27.0. The highest BCUT2D eigenvalue weighted by molar-refractivity contribution is 5.75. The number of hydrogen-bond acceptors (Lipinski definition) is 4. The van der Waals surface area contributed by atoms with Gasteiger partial charge in [0.1, 0.15) is 0 Å². The van der Waals surface area contributed by atoms with Crippen molar-refractivity contribution in [2.45, 2.75) is 0 Å². The van der Waals surface area contributed by atoms with Crippen LogP contribution in [-0.4, -0.2) is 27.7 Å². The standard InChI is InChI=1S/Al.HNO4.3H/c;2-1(3)5-4;;;/h;4H;;;. The predicted molar refractivity (Wildman–Crippen MR) is 20.6 cm³/mol. The van der Waals surface area contributed by atoms with Crippen molar-refractivity contribution in [1.82, 2.24) is 0 Å². The van der Waals surface area contributed by atoms with Crippen molar-refractivity contribution in [1.29, 1.82) is 0 Å². The fraction of sp³-hybridized carbons (Fsp3) is 0. The Bertz CT molecular complexity index is 42.8. The van der Waals surface area contributed by atoms with Crippen molar-refractivity contribution in [2.24, 2.45) is 0 Å². The molecule has 6 heteroatoms. The third kappa shape index (κ3) is 9.34. The molecule has 0 aromatic carbocycles. The van der Waals surface area contributed by atoms with Crippen molar-refractivity contribution in [3.63, 3.8) is 0 Å². The molecular weight excluding hydrogens is 105 g/mol. The average Bonchev–Trinajstić information content (AvgIpc) is 1.38. The molecule has 0 rings (SSSR count). The molecule has 0 aromatic rings. The highest BCUT2D eigenvalue weighted by Crippen LogP contribution is 1.56. The van der Waals surface area contributed by atoms with Gasteiger partial charge in [0.05, 0.1) is 0 Å². The van der Waals surface area contributed by atoms with E-state index in [0.717, 1.165) is 0 Å². The van der Waals surface area contributed by atoms with Gasteiger partial charge in [-0.2, -0.15) is 0 Å². The normalized spacial score (nSPS) is 5.50. The summed E-state index contributed by atoms with van der Waals surface area (Å²) >= 11 is 0. The molecule has 0 unspecified atom stereocenters. The van der Waals surface area contributed by atoms with E-state index in [1.807, 2.05) is 0 Å². The topological polar surface area (TPSA) is 72.6 Å². The Kier molecular flexibility index (Phi) is 7.19. The van der Waals surface area contributed by atoms with Gasteiger partial charge in [-0.1, -0.05) is 0 Å². The third-order valence-electron chi connectivity index (χ3n) is 0.0667. The van der Waals surface area contributed by atoms with Gasteiger partial charge in [0.25, 0.3) is 0 Å². The summed E-state index contributed by atoms with van der Waals surface area (Å²) in [6, 6.07) is 0. The van der Waals surface area contributed by atoms with Crippen LogP contribution in [0.4, 0.5) is 0 Å². The minimum Gasteiger partial charge on any atom is -0.214 e. The van der Waals surface area contributed by atoms with Crippen molar-refractivity contribution in [3.05, 3.63) is 10.1 Å². The Labute approximate surface area is 43.7 Å². The molecule has 1 N–H and O–H groups in total. The van der Waals surface area contributed by atoms with Crippen LogP contribution >= 0.6 is 0 Å². The van der Waals surface area contributed by atoms with Gasteiger partial charge in [0, 0.05) is 0 Å². The maximum absolute atomic E-state index is 8.70. The van der Waals surface area contributed by atoms with E-state index in [4.69, 9.17) is 15.4 Å². The molecule has 0 amide bonds. The molecule has 0 spiro atoms. The molecule has 0 heterocycles.